The van der Waals surface area contributed by atoms with Crippen molar-refractivity contribution in [3.63, 3.8) is 0 Å². The third-order valence-electron chi connectivity index (χ3n) is 8.53. The molecule has 2 aliphatic heterocycles. The molecule has 3 aliphatic rings. The smallest absolute Gasteiger partial charge is 0.306 e. The quantitative estimate of drug-likeness (QED) is 0.219. The molecule has 0 radical (unpaired) electrons. The van der Waals surface area contributed by atoms with Crippen molar-refractivity contribution in [2.75, 3.05) is 19.8 Å². The van der Waals surface area contributed by atoms with Gasteiger partial charge in [0.2, 0.25) is 0 Å². The zero-order chi connectivity index (χ0) is 24.6. The van der Waals surface area contributed by atoms with Crippen LogP contribution in [-0.2, 0) is 4.79 Å². The van der Waals surface area contributed by atoms with Gasteiger partial charge in [-0.25, -0.2) is 4.99 Å². The molecule has 8 unspecified atom stereocenters. The monoisotopic (exact) mass is 481 g/mol. The Hall–Kier alpha value is -1.06. The van der Waals surface area contributed by atoms with Crippen LogP contribution >= 0.6 is 0 Å². The van der Waals surface area contributed by atoms with Crippen LogP contribution in [0.15, 0.2) is 4.99 Å². The van der Waals surface area contributed by atoms with Gasteiger partial charge in [-0.1, -0.05) is 45.4 Å². The van der Waals surface area contributed by atoms with Crippen molar-refractivity contribution in [3.8, 4) is 0 Å². The molecule has 0 aromatic rings. The summed E-state index contributed by atoms with van der Waals surface area (Å²) in [6.07, 6.45) is 13.2. The number of aliphatic hydroxyl groups excluding tert-OH is 1. The molecule has 0 amide bonds. The van der Waals surface area contributed by atoms with E-state index < -0.39 is 11.6 Å². The van der Waals surface area contributed by atoms with Crippen molar-refractivity contribution in [1.82, 2.24) is 10.6 Å². The van der Waals surface area contributed by atoms with Gasteiger partial charge in [0.15, 0.2) is 6.67 Å². The summed E-state index contributed by atoms with van der Waals surface area (Å²) in [7, 11) is 0. The molecule has 3 rings (SSSR count). The summed E-state index contributed by atoms with van der Waals surface area (Å²) in [6, 6.07) is 0.941. The van der Waals surface area contributed by atoms with Crippen LogP contribution in [0.4, 0.5) is 0 Å². The van der Waals surface area contributed by atoms with E-state index in [1.807, 2.05) is 13.1 Å². The first-order valence-corrected chi connectivity index (χ1v) is 13.8. The molecule has 2 heterocycles. The number of carbonyl (C=O) groups is 1. The molecule has 1 saturated carbocycles. The number of carboxylic acid groups (broad SMARTS) is 1. The fourth-order valence-corrected chi connectivity index (χ4v) is 6.61. The molecule has 0 spiro atoms. The van der Waals surface area contributed by atoms with E-state index in [1.54, 1.807) is 0 Å². The van der Waals surface area contributed by atoms with E-state index in [2.05, 4.69) is 22.5 Å². The summed E-state index contributed by atoms with van der Waals surface area (Å²) in [6.45, 7) is 6.65. The molecule has 0 aromatic carbocycles. The highest BCUT2D eigenvalue weighted by molar-refractivity contribution is 5.68. The summed E-state index contributed by atoms with van der Waals surface area (Å²) >= 11 is 0. The van der Waals surface area contributed by atoms with Gasteiger partial charge in [-0.2, -0.15) is 0 Å². The van der Waals surface area contributed by atoms with Crippen LogP contribution in [0.2, 0.25) is 0 Å². The van der Waals surface area contributed by atoms with Gasteiger partial charge in [0, 0.05) is 18.5 Å². The van der Waals surface area contributed by atoms with Gasteiger partial charge >= 0.3 is 5.97 Å². The first-order chi connectivity index (χ1) is 16.3. The van der Waals surface area contributed by atoms with Gasteiger partial charge < -0.3 is 30.9 Å². The Morgan fingerprint density at radius 2 is 1.94 bits per heavy atom. The Labute approximate surface area is 205 Å². The van der Waals surface area contributed by atoms with Gasteiger partial charge in [0.05, 0.1) is 30.4 Å². The number of unbranched alkanes of at least 4 members (excludes halogenated alkanes) is 4. The Morgan fingerprint density at radius 3 is 2.62 bits per heavy atom. The second kappa shape index (κ2) is 13.3. The van der Waals surface area contributed by atoms with Crippen molar-refractivity contribution in [3.05, 3.63) is 0 Å². The lowest BCUT2D eigenvalue weighted by atomic mass is 9.71. The predicted molar refractivity (Wildman–Crippen MR) is 134 cm³/mol. The Kier molecular flexibility index (Phi) is 10.8. The van der Waals surface area contributed by atoms with Gasteiger partial charge in [-0.15, -0.1) is 0 Å². The lowest BCUT2D eigenvalue weighted by molar-refractivity contribution is -0.914. The minimum Gasteiger partial charge on any atom is -0.481 e. The second-order valence-electron chi connectivity index (χ2n) is 11.1. The maximum Gasteiger partial charge on any atom is 0.306 e. The molecule has 8 nitrogen and oxygen atoms in total. The topological polar surface area (TPSA) is 119 Å². The van der Waals surface area contributed by atoms with Crippen molar-refractivity contribution in [2.45, 2.75) is 127 Å². The lowest BCUT2D eigenvalue weighted by Crippen LogP contribution is -3.16. The number of rotatable bonds is 13. The number of aliphatic imine (C=N–C) groups is 1. The Bertz CT molecular complexity index is 655. The number of aliphatic carboxylic acids is 1. The van der Waals surface area contributed by atoms with Crippen molar-refractivity contribution in [2.24, 2.45) is 10.9 Å². The normalized spacial score (nSPS) is 38.3. The third-order valence-corrected chi connectivity index (χ3v) is 8.53. The molecule has 0 bridgehead atoms. The second-order valence-corrected chi connectivity index (χ2v) is 11.1. The van der Waals surface area contributed by atoms with Gasteiger partial charge in [-0.3, -0.25) is 4.79 Å². The highest BCUT2D eigenvalue weighted by Gasteiger charge is 2.43. The number of nitrogens with zero attached hydrogens (tertiary/aromatic N) is 1. The van der Waals surface area contributed by atoms with E-state index in [0.717, 1.165) is 58.3 Å². The zero-order valence-corrected chi connectivity index (χ0v) is 21.3. The Morgan fingerprint density at radius 1 is 1.21 bits per heavy atom. The SMILES string of the molecule is CCNC1CCC(CCCCCCCC2NC(C)C(O)CC2[NH+]2CC=NC2)CC1(O)CC(=O)O. The van der Waals surface area contributed by atoms with Crippen molar-refractivity contribution < 1.29 is 25.0 Å². The van der Waals surface area contributed by atoms with Crippen LogP contribution in [0, 0.1) is 5.92 Å². The van der Waals surface area contributed by atoms with E-state index in [0.29, 0.717) is 24.4 Å². The van der Waals surface area contributed by atoms with Gasteiger partial charge in [-0.05, 0) is 45.1 Å². The summed E-state index contributed by atoms with van der Waals surface area (Å²) < 4.78 is 0. The molecule has 2 fully saturated rings. The highest BCUT2D eigenvalue weighted by Crippen LogP contribution is 2.37. The van der Waals surface area contributed by atoms with Crippen molar-refractivity contribution >= 4 is 12.2 Å². The summed E-state index contributed by atoms with van der Waals surface area (Å²) in [4.78, 5) is 17.2. The molecule has 1 aliphatic carbocycles. The zero-order valence-electron chi connectivity index (χ0n) is 21.3. The molecule has 8 heteroatoms. The van der Waals surface area contributed by atoms with E-state index in [9.17, 15) is 20.1 Å². The van der Waals surface area contributed by atoms with Crippen LogP contribution in [0.3, 0.4) is 0 Å². The van der Waals surface area contributed by atoms with Crippen LogP contribution in [0.5, 0.6) is 0 Å². The number of quaternary nitrogens is 1. The highest BCUT2D eigenvalue weighted by atomic mass is 16.4. The molecule has 1 saturated heterocycles. The van der Waals surface area contributed by atoms with Crippen LogP contribution < -0.4 is 15.5 Å². The third kappa shape index (κ3) is 7.72. The maximum absolute atomic E-state index is 11.3. The fourth-order valence-electron chi connectivity index (χ4n) is 6.61. The van der Waals surface area contributed by atoms with E-state index in [4.69, 9.17) is 0 Å². The van der Waals surface area contributed by atoms with Gasteiger partial charge in [0.25, 0.3) is 0 Å². The average Bonchev–Trinajstić information content (AvgIpc) is 3.31. The molecule has 196 valence electrons. The molecular formula is C26H49N4O4+. The first-order valence-electron chi connectivity index (χ1n) is 13.8. The molecule has 34 heavy (non-hydrogen) atoms. The summed E-state index contributed by atoms with van der Waals surface area (Å²) in [5.41, 5.74) is -1.12. The number of piperidine rings is 1. The number of carboxylic acids is 1. The van der Waals surface area contributed by atoms with E-state index >= 15 is 0 Å². The maximum atomic E-state index is 11.3. The van der Waals surface area contributed by atoms with Crippen molar-refractivity contribution in [1.29, 1.82) is 0 Å². The van der Waals surface area contributed by atoms with Crippen LogP contribution in [0.25, 0.3) is 0 Å². The molecular weight excluding hydrogens is 432 g/mol. The fraction of sp³-hybridized carbons (Fsp3) is 0.923. The lowest BCUT2D eigenvalue weighted by Gasteiger charge is -2.43. The molecule has 8 atom stereocenters. The minimum absolute atomic E-state index is 0.111. The van der Waals surface area contributed by atoms with E-state index in [-0.39, 0.29) is 24.6 Å². The number of likely N-dealkylation sites (N-methyl/N-ethyl adjacent to an activating group) is 1. The average molecular weight is 482 g/mol. The molecule has 0 aromatic heterocycles. The van der Waals surface area contributed by atoms with Crippen LogP contribution in [0.1, 0.15) is 90.9 Å². The summed E-state index contributed by atoms with van der Waals surface area (Å²) in [5.74, 6) is -0.492. The van der Waals surface area contributed by atoms with Gasteiger partial charge in [0.1, 0.15) is 12.6 Å². The summed E-state index contributed by atoms with van der Waals surface area (Å²) in [5, 5.41) is 37.7. The first kappa shape index (κ1) is 27.5. The number of hydrogen-bond acceptors (Lipinski definition) is 6. The van der Waals surface area contributed by atoms with E-state index in [1.165, 1.54) is 30.6 Å². The predicted octanol–water partition coefficient (Wildman–Crippen LogP) is 1.11. The standard InChI is InChI=1S/C26H48N4O4/c1-3-28-24-12-11-20(16-26(24,34)17-25(32)33)9-7-5-4-6-8-10-21-22(30-14-13-27-18-30)15-23(31)19(2)29-21/h13,19-24,28-29,31,34H,3-12,14-18H2,1-2H3,(H,32,33)/p+1. The Balaban J connectivity index is 1.33. The van der Waals surface area contributed by atoms with Crippen LogP contribution in [-0.4, -0.2) is 83.1 Å². The molecule has 6 N–H and O–H groups in total. The largest absolute Gasteiger partial charge is 0.481 e. The minimum atomic E-state index is -1.12. The number of aliphatic hydroxyl groups is 2. The number of hydrogen-bond donors (Lipinski definition) is 6. The number of nitrogens with one attached hydrogen (secondary N) is 3.